The number of carbonyl (C=O) groups excluding carboxylic acids is 2. The molecule has 8 nitrogen and oxygen atoms in total. The summed E-state index contributed by atoms with van der Waals surface area (Å²) in [5.74, 6) is 1.78. The van der Waals surface area contributed by atoms with Gasteiger partial charge in [0.1, 0.15) is 5.75 Å². The molecule has 3 heterocycles. The maximum absolute atomic E-state index is 12.9. The lowest BCUT2D eigenvalue weighted by molar-refractivity contribution is -0.133. The van der Waals surface area contributed by atoms with Gasteiger partial charge >= 0.3 is 0 Å². The van der Waals surface area contributed by atoms with Crippen molar-refractivity contribution >= 4 is 35.4 Å². The Bertz CT molecular complexity index is 1150. The summed E-state index contributed by atoms with van der Waals surface area (Å²) >= 11 is 6.96. The van der Waals surface area contributed by atoms with E-state index in [2.05, 4.69) is 10.2 Å². The van der Waals surface area contributed by atoms with Crippen molar-refractivity contribution in [3.8, 4) is 16.5 Å². The van der Waals surface area contributed by atoms with Gasteiger partial charge in [-0.05, 0) is 54.2 Å². The molecule has 4 rings (SSSR count). The molecule has 1 N–H and O–H groups in total. The number of thiophene rings is 1. The van der Waals surface area contributed by atoms with Gasteiger partial charge in [0.15, 0.2) is 10.6 Å². The molecule has 34 heavy (non-hydrogen) atoms. The van der Waals surface area contributed by atoms with Crippen LogP contribution in [0.1, 0.15) is 24.8 Å². The monoisotopic (exact) mass is 499 g/mol. The summed E-state index contributed by atoms with van der Waals surface area (Å²) in [6, 6.07) is 11.8. The molecule has 0 spiro atoms. The highest BCUT2D eigenvalue weighted by atomic mass is 32.1. The van der Waals surface area contributed by atoms with Crippen LogP contribution in [-0.2, 0) is 22.6 Å². The number of hydrogen-bond donors (Lipinski definition) is 1. The number of aryl methyl sites for hydroxylation is 1. The molecule has 0 bridgehead atoms. The SMILES string of the molecule is COc1ccc(CCC(=O)N2CCCN(C(=O)CCn3c(-c4cccs4)n[nH]c3=S)CC2)cc1. The van der Waals surface area contributed by atoms with E-state index in [4.69, 9.17) is 17.0 Å². The maximum atomic E-state index is 12.9. The van der Waals surface area contributed by atoms with Gasteiger partial charge in [0.05, 0.1) is 12.0 Å². The maximum Gasteiger partial charge on any atom is 0.224 e. The second kappa shape index (κ2) is 11.4. The van der Waals surface area contributed by atoms with Gasteiger partial charge in [-0.15, -0.1) is 11.3 Å². The first-order valence-corrected chi connectivity index (χ1v) is 12.7. The molecule has 0 atom stereocenters. The quantitative estimate of drug-likeness (QED) is 0.477. The summed E-state index contributed by atoms with van der Waals surface area (Å²) in [5.41, 5.74) is 1.11. The number of nitrogens with one attached hydrogen (secondary N) is 1. The molecule has 1 aliphatic heterocycles. The van der Waals surface area contributed by atoms with Crippen LogP contribution in [0.5, 0.6) is 5.75 Å². The fourth-order valence-electron chi connectivity index (χ4n) is 4.10. The predicted molar refractivity (Wildman–Crippen MR) is 134 cm³/mol. The third kappa shape index (κ3) is 5.92. The molecular weight excluding hydrogens is 470 g/mol. The van der Waals surface area contributed by atoms with E-state index in [9.17, 15) is 9.59 Å². The number of methoxy groups -OCH3 is 1. The Kier molecular flexibility index (Phi) is 8.12. The van der Waals surface area contributed by atoms with Crippen LogP contribution in [0.2, 0.25) is 0 Å². The first-order valence-electron chi connectivity index (χ1n) is 11.4. The molecule has 2 aromatic heterocycles. The smallest absolute Gasteiger partial charge is 0.224 e. The van der Waals surface area contributed by atoms with Gasteiger partial charge in [-0.2, -0.15) is 5.10 Å². The minimum Gasteiger partial charge on any atom is -0.497 e. The number of rotatable bonds is 8. The predicted octanol–water partition coefficient (Wildman–Crippen LogP) is 3.76. The molecule has 0 unspecified atom stereocenters. The highest BCUT2D eigenvalue weighted by Crippen LogP contribution is 2.23. The molecule has 1 aromatic carbocycles. The summed E-state index contributed by atoms with van der Waals surface area (Å²) in [7, 11) is 1.64. The molecule has 2 amide bonds. The first kappa shape index (κ1) is 24.2. The number of carbonyl (C=O) groups is 2. The summed E-state index contributed by atoms with van der Waals surface area (Å²) in [4.78, 5) is 30.5. The van der Waals surface area contributed by atoms with Crippen LogP contribution in [0.4, 0.5) is 0 Å². The average molecular weight is 500 g/mol. The zero-order chi connectivity index (χ0) is 23.9. The lowest BCUT2D eigenvalue weighted by Gasteiger charge is -2.22. The second-order valence-electron chi connectivity index (χ2n) is 8.19. The number of aromatic amines is 1. The number of aromatic nitrogens is 3. The van der Waals surface area contributed by atoms with Crippen LogP contribution in [0.25, 0.3) is 10.7 Å². The Morgan fingerprint density at radius 3 is 2.41 bits per heavy atom. The number of ether oxygens (including phenoxy) is 1. The van der Waals surface area contributed by atoms with E-state index in [1.54, 1.807) is 18.4 Å². The number of amides is 2. The van der Waals surface area contributed by atoms with Crippen LogP contribution >= 0.6 is 23.6 Å². The molecule has 180 valence electrons. The lowest BCUT2D eigenvalue weighted by Crippen LogP contribution is -2.37. The Hall–Kier alpha value is -2.98. The van der Waals surface area contributed by atoms with Gasteiger partial charge in [0, 0.05) is 45.6 Å². The molecule has 0 saturated carbocycles. The first-order chi connectivity index (χ1) is 16.5. The van der Waals surface area contributed by atoms with E-state index >= 15 is 0 Å². The Labute approximate surface area is 208 Å². The van der Waals surface area contributed by atoms with E-state index in [-0.39, 0.29) is 11.8 Å². The zero-order valence-corrected chi connectivity index (χ0v) is 20.9. The van der Waals surface area contributed by atoms with Gasteiger partial charge in [-0.25, -0.2) is 0 Å². The zero-order valence-electron chi connectivity index (χ0n) is 19.2. The summed E-state index contributed by atoms with van der Waals surface area (Å²) in [5, 5.41) is 9.15. The summed E-state index contributed by atoms with van der Waals surface area (Å²) in [6.07, 6.45) is 2.29. The highest BCUT2D eigenvalue weighted by molar-refractivity contribution is 7.71. The lowest BCUT2D eigenvalue weighted by atomic mass is 10.1. The molecular formula is C24H29N5O3S2. The molecule has 1 aliphatic rings. The van der Waals surface area contributed by atoms with Crippen LogP contribution in [0, 0.1) is 4.77 Å². The third-order valence-electron chi connectivity index (χ3n) is 6.04. The van der Waals surface area contributed by atoms with E-state index in [0.29, 0.717) is 56.8 Å². The van der Waals surface area contributed by atoms with Gasteiger partial charge in [-0.1, -0.05) is 18.2 Å². The standard InChI is InChI=1S/C24H29N5O3S2/c1-32-19-8-5-18(6-9-19)7-10-21(30)27-12-3-13-28(16-15-27)22(31)11-14-29-23(25-26-24(29)33)20-4-2-17-34-20/h2,4-6,8-9,17H,3,7,10-16H2,1H3,(H,26,33). The van der Waals surface area contributed by atoms with Gasteiger partial charge in [-0.3, -0.25) is 19.3 Å². The largest absolute Gasteiger partial charge is 0.497 e. The third-order valence-corrected chi connectivity index (χ3v) is 7.21. The van der Waals surface area contributed by atoms with Crippen molar-refractivity contribution in [2.75, 3.05) is 33.3 Å². The molecule has 3 aromatic rings. The van der Waals surface area contributed by atoms with Gasteiger partial charge in [0.2, 0.25) is 11.8 Å². The van der Waals surface area contributed by atoms with Crippen LogP contribution in [0.3, 0.4) is 0 Å². The Morgan fingerprint density at radius 1 is 1.06 bits per heavy atom. The van der Waals surface area contributed by atoms with E-state index in [1.165, 1.54) is 0 Å². The topological polar surface area (TPSA) is 83.5 Å². The molecule has 0 aliphatic carbocycles. The van der Waals surface area contributed by atoms with Crippen molar-refractivity contribution in [1.29, 1.82) is 0 Å². The number of benzene rings is 1. The summed E-state index contributed by atoms with van der Waals surface area (Å²) < 4.78 is 7.58. The van der Waals surface area contributed by atoms with Crippen LogP contribution < -0.4 is 4.74 Å². The number of hydrogen-bond acceptors (Lipinski definition) is 6. The van der Waals surface area contributed by atoms with E-state index < -0.39 is 0 Å². The second-order valence-corrected chi connectivity index (χ2v) is 9.53. The Morgan fingerprint density at radius 2 is 1.76 bits per heavy atom. The van der Waals surface area contributed by atoms with Crippen molar-refractivity contribution in [2.24, 2.45) is 0 Å². The van der Waals surface area contributed by atoms with E-state index in [1.807, 2.05) is 56.1 Å². The van der Waals surface area contributed by atoms with Crippen LogP contribution in [0.15, 0.2) is 41.8 Å². The van der Waals surface area contributed by atoms with E-state index in [0.717, 1.165) is 28.4 Å². The van der Waals surface area contributed by atoms with Crippen LogP contribution in [-0.4, -0.2) is 69.7 Å². The van der Waals surface area contributed by atoms with Crippen molar-refractivity contribution in [3.63, 3.8) is 0 Å². The normalized spacial score (nSPS) is 14.1. The Balaban J connectivity index is 1.27. The minimum atomic E-state index is 0.0766. The average Bonchev–Trinajstić information content (AvgIpc) is 3.44. The minimum absolute atomic E-state index is 0.0766. The number of nitrogens with zero attached hydrogens (tertiary/aromatic N) is 4. The van der Waals surface area contributed by atoms with Crippen molar-refractivity contribution in [3.05, 3.63) is 52.1 Å². The molecule has 0 radical (unpaired) electrons. The van der Waals surface area contributed by atoms with Crippen molar-refractivity contribution in [1.82, 2.24) is 24.6 Å². The molecule has 10 heteroatoms. The fraction of sp³-hybridized carbons (Fsp3) is 0.417. The van der Waals surface area contributed by atoms with Gasteiger partial charge in [0.25, 0.3) is 0 Å². The van der Waals surface area contributed by atoms with Crippen molar-refractivity contribution in [2.45, 2.75) is 32.2 Å². The van der Waals surface area contributed by atoms with Gasteiger partial charge < -0.3 is 14.5 Å². The fourth-order valence-corrected chi connectivity index (χ4v) is 5.05. The number of H-pyrrole nitrogens is 1. The molecule has 1 saturated heterocycles. The summed E-state index contributed by atoms with van der Waals surface area (Å²) in [6.45, 7) is 2.94. The molecule has 1 fully saturated rings. The highest BCUT2D eigenvalue weighted by Gasteiger charge is 2.22. The van der Waals surface area contributed by atoms with Crippen molar-refractivity contribution < 1.29 is 14.3 Å².